The van der Waals surface area contributed by atoms with Crippen LogP contribution in [0.15, 0.2) is 240 Å². The number of phenolic OH excluding ortho intramolecular Hbond substituents is 1. The van der Waals surface area contributed by atoms with Crippen LogP contribution >= 0.6 is 0 Å². The zero-order chi connectivity index (χ0) is 67.5. The van der Waals surface area contributed by atoms with E-state index in [0.29, 0.717) is 45.3 Å². The molecule has 0 radical (unpaired) electrons. The molecule has 3 aromatic heterocycles. The maximum atomic E-state index is 12.0. The number of carboxylic acids is 1. The van der Waals surface area contributed by atoms with Crippen molar-refractivity contribution in [2.45, 2.75) is 110 Å². The van der Waals surface area contributed by atoms with Gasteiger partial charge in [0.1, 0.15) is 22.5 Å². The van der Waals surface area contributed by atoms with E-state index in [-0.39, 0.29) is 70.3 Å². The maximum Gasteiger partial charge on any atom is 0.344 e. The summed E-state index contributed by atoms with van der Waals surface area (Å²) >= 11 is 0. The molecule has 0 aliphatic carbocycles. The van der Waals surface area contributed by atoms with E-state index >= 15 is 0 Å². The number of carboxylic acid groups (broad SMARTS) is 1. The second-order valence-electron chi connectivity index (χ2n) is 18.0. The summed E-state index contributed by atoms with van der Waals surface area (Å²) in [5.41, 5.74) is 8.98. The van der Waals surface area contributed by atoms with Gasteiger partial charge in [-0.05, 0) is 114 Å². The van der Waals surface area contributed by atoms with Crippen molar-refractivity contribution in [2.24, 2.45) is 0 Å². The molecule has 6 N–H and O–H groups in total. The molecule has 496 valence electrons. The monoisotopic (exact) mass is 2350 g/mol. The van der Waals surface area contributed by atoms with E-state index in [1.54, 1.807) is 104 Å². The summed E-state index contributed by atoms with van der Waals surface area (Å²) in [6.45, 7) is 17.3. The van der Waals surface area contributed by atoms with Crippen LogP contribution in [0, 0.1) is 24.2 Å². The second-order valence-corrected chi connectivity index (χ2v) is 18.0. The van der Waals surface area contributed by atoms with Gasteiger partial charge in [0.05, 0.1) is 55.1 Å². The zero-order valence-electron chi connectivity index (χ0n) is 55.7. The van der Waals surface area contributed by atoms with Crippen LogP contribution in [0.1, 0.15) is 115 Å². The number of aliphatic hydroxyl groups is 4. The molecular weight excluding hydrogens is 2250 g/mol. The smallest absolute Gasteiger partial charge is 0.344 e. The summed E-state index contributed by atoms with van der Waals surface area (Å²) < 4.78 is 15.9. The Morgan fingerprint density at radius 1 is 0.412 bits per heavy atom. The number of carbonyl (C=O) groups excluding carboxylic acids is 1. The van der Waals surface area contributed by atoms with E-state index in [4.69, 9.17) is 43.9 Å². The minimum atomic E-state index is -0.841. The summed E-state index contributed by atoms with van der Waals surface area (Å²) in [6.07, 6.45) is 5.25. The van der Waals surface area contributed by atoms with Crippen LogP contribution in [0.5, 0.6) is 5.75 Å². The van der Waals surface area contributed by atoms with Gasteiger partial charge < -0.3 is 43.9 Å². The Hall–Kier alpha value is -14.7. The SMILES string of the molecule is C.C.C#CC.CC.CC.CC.CC#CC.O=C(O)Cc1ccc(CO)cc1.O=Cc1ccccc1O.O=c1oc2ccccc2cc1-c1ccc(CO)cc1.O=c1oc2ccccc2cc1-c1ccc(CO)cc1.O=c1oc2ccccc2cc1-c1ccc(CO)cc1.[Sg].[Sg].[Sg].[Sg]. The first-order chi connectivity index (χ1) is 44.2. The summed E-state index contributed by atoms with van der Waals surface area (Å²) in [6, 6.07) is 62.6. The number of hydrogen-bond donors (Lipinski definition) is 6. The van der Waals surface area contributed by atoms with Gasteiger partial charge in [-0.15, -0.1) is 24.2 Å². The fourth-order valence-electron chi connectivity index (χ4n) is 7.68. The average molecular weight is 2340 g/mol. The molecular formula is C79H88O14Sg4. The third-order valence-electron chi connectivity index (χ3n) is 12.1. The molecule has 0 saturated heterocycles. The molecule has 3 heterocycles. The van der Waals surface area contributed by atoms with Crippen LogP contribution in [-0.4, -0.2) is 42.9 Å². The molecule has 0 aliphatic heterocycles. The fourth-order valence-corrected chi connectivity index (χ4v) is 7.68. The summed E-state index contributed by atoms with van der Waals surface area (Å²) in [5, 5.41) is 55.7. The van der Waals surface area contributed by atoms with Gasteiger partial charge in [-0.1, -0.05) is 220 Å². The van der Waals surface area contributed by atoms with Gasteiger partial charge in [0.25, 0.3) is 0 Å². The van der Waals surface area contributed by atoms with E-state index in [1.807, 2.05) is 165 Å². The standard InChI is InChI=1S/3C16H12O3.C9H10O3.C7H6O2.C4H6.C3H4.3C2H6.2CH4.4Sg/c3*17-10-11-5-7-12(8-6-11)14-9-13-3-1-2-4-15(13)19-16(14)18;10-6-8-3-1-7(2-4-8)5-9(11)12;8-5-6-3-1-2-4-7(6)9;1-3-4-2;1-3-2;3*1-2;;;;;;/h3*1-9,17H,10H2;1-4,10H,5-6H2,(H,11,12);1-5,9H;1-2H3;1H,2H3;3*1-2H3;2*1H4;;;;. The molecule has 11 aromatic rings. The molecule has 11 rings (SSSR count). The Kier molecular flexibility index (Phi) is 47.9. The van der Waals surface area contributed by atoms with E-state index < -0.39 is 5.97 Å². The van der Waals surface area contributed by atoms with Crippen LogP contribution in [0.3, 0.4) is 0 Å². The summed E-state index contributed by atoms with van der Waals surface area (Å²) in [7, 11) is 0. The minimum Gasteiger partial charge on any atom is -0.507 e. The quantitative estimate of drug-likeness (QED) is 0.0424. The number of aldehydes is 1. The van der Waals surface area contributed by atoms with Crippen molar-refractivity contribution in [3.8, 4) is 63.3 Å². The third kappa shape index (κ3) is 29.2. The average Bonchev–Trinajstić information content (AvgIpc) is 0.828. The van der Waals surface area contributed by atoms with E-state index in [1.165, 1.54) is 6.07 Å². The number of terminal acetylenes is 1. The van der Waals surface area contributed by atoms with Crippen LogP contribution in [0.4, 0.5) is 0 Å². The molecule has 0 saturated carbocycles. The number of phenols is 1. The molecule has 0 fully saturated rings. The number of aliphatic carboxylic acids is 1. The first-order valence-corrected chi connectivity index (χ1v) is 29.3. The minimum absolute atomic E-state index is 0. The Labute approximate surface area is 546 Å². The number of carbonyl (C=O) groups is 2. The predicted octanol–water partition coefficient (Wildman–Crippen LogP) is 16.9. The van der Waals surface area contributed by atoms with Gasteiger partial charge in [-0.25, -0.2) is 14.4 Å². The molecule has 0 aliphatic rings. The Morgan fingerprint density at radius 2 is 0.649 bits per heavy atom. The number of fused-ring (bicyclic) bond motifs is 3. The number of hydrogen-bond acceptors (Lipinski definition) is 13. The first-order valence-electron chi connectivity index (χ1n) is 29.3. The van der Waals surface area contributed by atoms with Crippen molar-refractivity contribution >= 4 is 45.2 Å². The van der Waals surface area contributed by atoms with E-state index in [2.05, 4.69) is 24.2 Å². The molecule has 0 amide bonds. The number of aromatic hydroxyl groups is 1. The van der Waals surface area contributed by atoms with Crippen molar-refractivity contribution < 1.29 is 53.5 Å². The number of rotatable bonds is 10. The van der Waals surface area contributed by atoms with Gasteiger partial charge in [0, 0.05) is 16.2 Å². The van der Waals surface area contributed by atoms with Gasteiger partial charge in [0.15, 0.2) is 6.29 Å². The van der Waals surface area contributed by atoms with Crippen LogP contribution in [-0.2, 0) is 37.6 Å². The molecule has 0 spiro atoms. The number of aliphatic hydroxyl groups excluding tert-OH is 4. The first kappa shape index (κ1) is 91.0. The third-order valence-corrected chi connectivity index (χ3v) is 12.1. The van der Waals surface area contributed by atoms with Crippen LogP contribution in [0.25, 0.3) is 66.3 Å². The number of benzene rings is 8. The van der Waals surface area contributed by atoms with Gasteiger partial charge in [0.2, 0.25) is 0 Å². The van der Waals surface area contributed by atoms with Crippen molar-refractivity contribution in [3.63, 3.8) is 0 Å². The molecule has 97 heavy (non-hydrogen) atoms. The molecule has 18 heteroatoms. The van der Waals surface area contributed by atoms with Gasteiger partial charge in [-0.3, -0.25) is 9.59 Å². The van der Waals surface area contributed by atoms with Gasteiger partial charge in [-0.2, -0.15) is 0 Å². The van der Waals surface area contributed by atoms with E-state index in [9.17, 15) is 24.0 Å². The largest absolute Gasteiger partial charge is 0.507 e. The molecule has 0 unspecified atom stereocenters. The van der Waals surface area contributed by atoms with Crippen LogP contribution < -0.4 is 16.9 Å². The zero-order valence-corrected chi connectivity index (χ0v) is 81.6. The summed E-state index contributed by atoms with van der Waals surface area (Å²) in [4.78, 5) is 56.3. The van der Waals surface area contributed by atoms with Gasteiger partial charge >= 0.3 is 22.8 Å². The van der Waals surface area contributed by atoms with Crippen molar-refractivity contribution in [2.75, 3.05) is 0 Å². The molecule has 0 atom stereocenters. The fraction of sp³-hybridized carbons (Fsp3) is 0.203. The van der Waals surface area contributed by atoms with Crippen molar-refractivity contribution in [1.29, 1.82) is 0 Å². The van der Waals surface area contributed by atoms with E-state index in [0.717, 1.165) is 60.7 Å². The summed E-state index contributed by atoms with van der Waals surface area (Å²) in [5.74, 6) is 6.80. The second kappa shape index (κ2) is 51.1. The van der Waals surface area contributed by atoms with Crippen LogP contribution in [0.2, 0.25) is 0 Å². The van der Waals surface area contributed by atoms with Crippen molar-refractivity contribution in [3.05, 3.63) is 277 Å². The Bertz CT molecular complexity index is 3890. The predicted molar refractivity (Wildman–Crippen MR) is 380 cm³/mol. The normalized spacial score (nSPS) is 8.78. The molecule has 0 bridgehead atoms. The number of para-hydroxylation sites is 4. The molecule has 8 aromatic carbocycles. The maximum absolute atomic E-state index is 12.0. The topological polar surface area (TPSA) is 246 Å². The Balaban J connectivity index is -0.000000348. The Morgan fingerprint density at radius 3 is 0.876 bits per heavy atom. The van der Waals surface area contributed by atoms with Crippen molar-refractivity contribution in [1.82, 2.24) is 0 Å². The molecule has 14 nitrogen and oxygen atoms in total.